The second-order valence-corrected chi connectivity index (χ2v) is 17.9. The van der Waals surface area contributed by atoms with E-state index in [1.165, 1.54) is 14.2 Å². The van der Waals surface area contributed by atoms with Crippen molar-refractivity contribution in [1.29, 1.82) is 0 Å². The number of rotatable bonds is 12. The van der Waals surface area contributed by atoms with Gasteiger partial charge in [-0.1, -0.05) is 75.7 Å². The number of benzene rings is 4. The molecule has 16 nitrogen and oxygen atoms in total. The Hall–Kier alpha value is -6.94. The molecule has 0 aliphatic carbocycles. The van der Waals surface area contributed by atoms with Gasteiger partial charge < -0.3 is 49.3 Å². The lowest BCUT2D eigenvalue weighted by atomic mass is 9.92. The third-order valence-corrected chi connectivity index (χ3v) is 13.5. The van der Waals surface area contributed by atoms with Gasteiger partial charge in [0.1, 0.15) is 36.1 Å². The minimum atomic E-state index is -0.956. The number of amides is 4. The predicted octanol–water partition coefficient (Wildman–Crippen LogP) is 7.98. The molecule has 0 bridgehead atoms. The Morgan fingerprint density at radius 3 is 2.36 bits per heavy atom. The summed E-state index contributed by atoms with van der Waals surface area (Å²) in [6, 6.07) is 21.4. The van der Waals surface area contributed by atoms with Crippen LogP contribution >= 0.6 is 0 Å². The zero-order valence-corrected chi connectivity index (χ0v) is 38.1. The molecule has 3 aliphatic rings. The second kappa shape index (κ2) is 18.5. The van der Waals surface area contributed by atoms with Crippen molar-refractivity contribution >= 4 is 45.8 Å². The third kappa shape index (κ3) is 8.41. The maximum atomic E-state index is 14.4. The molecular weight excluding hydrogens is 841 g/mol. The largest absolute Gasteiger partial charge is 0.488 e. The molecule has 16 heteroatoms. The Kier molecular flexibility index (Phi) is 12.4. The van der Waals surface area contributed by atoms with Gasteiger partial charge in [0.25, 0.3) is 5.91 Å². The standard InChI is InChI=1S/C50H56N8O8/c1-7-28(3)42(55-49(61)64-5)47(59)57-23-27(2)17-39(57)45-51-22-38(53-45)32-13-15-34-33(19-32)26-66-41-21-35-31(20-36(34)41)14-16-37-44(35)54-46(52-37)40-18-29(25-63-4)24-58(40)48(60)43(56-50(62)65-6)30-11-9-8-10-12-30/h8-16,19-22,27-29,39-40,42-43H,7,17-18,23-26H2,1-6H3,(H,51,53)(H,52,54)(H,55,61)(H,56,62)/t27-,28-,29-,39?,40-,42-,43+/m0/s1. The predicted molar refractivity (Wildman–Crippen MR) is 247 cm³/mol. The quantitative estimate of drug-likeness (QED) is 0.0936. The number of fused-ring (bicyclic) bond motifs is 6. The topological polar surface area (TPSA) is 193 Å². The van der Waals surface area contributed by atoms with E-state index in [-0.39, 0.29) is 35.6 Å². The smallest absolute Gasteiger partial charge is 0.407 e. The maximum absolute atomic E-state index is 14.4. The number of methoxy groups -OCH3 is 3. The van der Waals surface area contributed by atoms with Crippen molar-refractivity contribution in [3.63, 3.8) is 0 Å². The molecule has 66 heavy (non-hydrogen) atoms. The van der Waals surface area contributed by atoms with Gasteiger partial charge >= 0.3 is 12.2 Å². The fraction of sp³-hybridized carbons (Fsp3) is 0.400. The van der Waals surface area contributed by atoms with Gasteiger partial charge in [0, 0.05) is 37.1 Å². The minimum Gasteiger partial charge on any atom is -0.488 e. The number of H-pyrrole nitrogens is 2. The molecular formula is C50H56N8O8. The lowest BCUT2D eigenvalue weighted by molar-refractivity contribution is -0.136. The summed E-state index contributed by atoms with van der Waals surface area (Å²) in [6.45, 7) is 7.91. The van der Waals surface area contributed by atoms with Crippen molar-refractivity contribution in [2.75, 3.05) is 41.0 Å². The van der Waals surface area contributed by atoms with E-state index in [9.17, 15) is 19.2 Å². The van der Waals surface area contributed by atoms with Gasteiger partial charge in [-0.05, 0) is 76.6 Å². The van der Waals surface area contributed by atoms with E-state index < -0.39 is 30.3 Å². The summed E-state index contributed by atoms with van der Waals surface area (Å²) in [6.07, 6.45) is 2.58. The average Bonchev–Trinajstić information content (AvgIpc) is 4.17. The normalized spacial score (nSPS) is 20.3. The number of likely N-dealkylation sites (tertiary alicyclic amines) is 2. The molecule has 344 valence electrons. The molecule has 7 atom stereocenters. The van der Waals surface area contributed by atoms with Crippen LogP contribution in [0.5, 0.6) is 5.75 Å². The summed E-state index contributed by atoms with van der Waals surface area (Å²) < 4.78 is 21.8. The molecule has 9 rings (SSSR count). The number of imidazole rings is 2. The summed E-state index contributed by atoms with van der Waals surface area (Å²) in [4.78, 5) is 73.7. The van der Waals surface area contributed by atoms with Gasteiger partial charge in [0.2, 0.25) is 5.91 Å². The molecule has 0 radical (unpaired) electrons. The fourth-order valence-corrected chi connectivity index (χ4v) is 9.94. The Morgan fingerprint density at radius 2 is 1.61 bits per heavy atom. The van der Waals surface area contributed by atoms with E-state index in [1.54, 1.807) is 12.0 Å². The van der Waals surface area contributed by atoms with Crippen LogP contribution in [0.1, 0.15) is 80.9 Å². The van der Waals surface area contributed by atoms with E-state index in [0.29, 0.717) is 56.4 Å². The van der Waals surface area contributed by atoms with E-state index >= 15 is 0 Å². The second-order valence-electron chi connectivity index (χ2n) is 17.9. The number of aromatic nitrogens is 4. The highest BCUT2D eigenvalue weighted by Gasteiger charge is 2.42. The number of hydrogen-bond donors (Lipinski definition) is 4. The van der Waals surface area contributed by atoms with Gasteiger partial charge in [-0.15, -0.1) is 0 Å². The first-order chi connectivity index (χ1) is 32.0. The van der Waals surface area contributed by atoms with Crippen molar-refractivity contribution < 1.29 is 38.1 Å². The minimum absolute atomic E-state index is 0.0579. The molecule has 3 aliphatic heterocycles. The highest BCUT2D eigenvalue weighted by atomic mass is 16.5. The van der Waals surface area contributed by atoms with Gasteiger partial charge in [0.05, 0.1) is 55.8 Å². The van der Waals surface area contributed by atoms with E-state index in [1.807, 2.05) is 61.3 Å². The van der Waals surface area contributed by atoms with Crippen LogP contribution in [0, 0.1) is 17.8 Å². The van der Waals surface area contributed by atoms with Crippen molar-refractivity contribution in [3.8, 4) is 28.1 Å². The summed E-state index contributed by atoms with van der Waals surface area (Å²) in [7, 11) is 4.23. The Morgan fingerprint density at radius 1 is 0.848 bits per heavy atom. The number of hydrogen-bond acceptors (Lipinski definition) is 10. The lowest BCUT2D eigenvalue weighted by Gasteiger charge is -2.30. The van der Waals surface area contributed by atoms with Crippen LogP contribution in [0.2, 0.25) is 0 Å². The summed E-state index contributed by atoms with van der Waals surface area (Å²) in [5, 5.41) is 7.47. The molecule has 4 N–H and O–H groups in total. The fourth-order valence-electron chi connectivity index (χ4n) is 9.94. The number of ether oxygens (including phenoxy) is 4. The highest BCUT2D eigenvalue weighted by Crippen LogP contribution is 2.44. The van der Waals surface area contributed by atoms with Gasteiger partial charge in [0.15, 0.2) is 0 Å². The van der Waals surface area contributed by atoms with Crippen molar-refractivity contribution in [1.82, 2.24) is 40.4 Å². The van der Waals surface area contributed by atoms with Gasteiger partial charge in [-0.3, -0.25) is 9.59 Å². The Bertz CT molecular complexity index is 2790. The van der Waals surface area contributed by atoms with Crippen LogP contribution in [-0.4, -0.2) is 101 Å². The van der Waals surface area contributed by atoms with Gasteiger partial charge in [-0.25, -0.2) is 19.6 Å². The molecule has 4 aromatic carbocycles. The Balaban J connectivity index is 0.979. The number of nitrogens with one attached hydrogen (secondary N) is 4. The molecule has 4 amide bonds. The van der Waals surface area contributed by atoms with E-state index in [2.05, 4.69) is 63.9 Å². The van der Waals surface area contributed by atoms with Crippen LogP contribution in [0.25, 0.3) is 44.2 Å². The molecule has 0 saturated carbocycles. The molecule has 5 heterocycles. The average molecular weight is 897 g/mol. The molecule has 2 aromatic heterocycles. The summed E-state index contributed by atoms with van der Waals surface area (Å²) in [5.74, 6) is 1.94. The van der Waals surface area contributed by atoms with Crippen molar-refractivity contribution in [2.24, 2.45) is 17.8 Å². The van der Waals surface area contributed by atoms with E-state index in [0.717, 1.165) is 61.9 Å². The maximum Gasteiger partial charge on any atom is 0.407 e. The lowest BCUT2D eigenvalue weighted by Crippen LogP contribution is -2.51. The first kappa shape index (κ1) is 44.3. The highest BCUT2D eigenvalue weighted by molar-refractivity contribution is 6.07. The summed E-state index contributed by atoms with van der Waals surface area (Å²) >= 11 is 0. The first-order valence-corrected chi connectivity index (χ1v) is 22.6. The van der Waals surface area contributed by atoms with Crippen LogP contribution < -0.4 is 15.4 Å². The van der Waals surface area contributed by atoms with Crippen LogP contribution in [0.15, 0.2) is 79.0 Å². The third-order valence-electron chi connectivity index (χ3n) is 13.5. The number of alkyl carbamates (subject to hydrolysis) is 2. The van der Waals surface area contributed by atoms with Crippen LogP contribution in [0.3, 0.4) is 0 Å². The molecule has 1 unspecified atom stereocenters. The van der Waals surface area contributed by atoms with Crippen molar-refractivity contribution in [3.05, 3.63) is 102 Å². The number of nitrogens with zero attached hydrogens (tertiary/aromatic N) is 4. The zero-order chi connectivity index (χ0) is 46.2. The van der Waals surface area contributed by atoms with E-state index in [4.69, 9.17) is 28.9 Å². The van der Waals surface area contributed by atoms with Crippen LogP contribution in [0.4, 0.5) is 9.59 Å². The van der Waals surface area contributed by atoms with Crippen LogP contribution in [-0.2, 0) is 30.4 Å². The monoisotopic (exact) mass is 896 g/mol. The number of aromatic amines is 2. The summed E-state index contributed by atoms with van der Waals surface area (Å²) in [5.41, 5.74) is 7.11. The van der Waals surface area contributed by atoms with Gasteiger partial charge in [-0.2, -0.15) is 0 Å². The van der Waals surface area contributed by atoms with Crippen molar-refractivity contribution in [2.45, 2.75) is 70.8 Å². The molecule has 2 fully saturated rings. The molecule has 6 aromatic rings. The molecule has 0 spiro atoms. The first-order valence-electron chi connectivity index (χ1n) is 22.6. The number of carbonyl (C=O) groups excluding carboxylic acids is 4. The number of carbonyl (C=O) groups is 4. The Labute approximate surface area is 382 Å². The SMILES string of the molecule is CC[C@H](C)[C@H](NC(=O)OC)C(=O)N1C[C@@H](C)CC1c1ncc(-c2ccc3c(c2)COc2cc4c(ccc5nc([C@@H]6C[C@H](COC)CN6C(=O)[C@H](NC(=O)OC)c6ccccc6)[nH]c54)cc2-3)[nH]1. The zero-order valence-electron chi connectivity index (χ0n) is 38.1. The molecule has 2 saturated heterocycles.